The van der Waals surface area contributed by atoms with Gasteiger partial charge in [-0.05, 0) is 32.1 Å². The lowest BCUT2D eigenvalue weighted by molar-refractivity contribution is -0.121. The van der Waals surface area contributed by atoms with Gasteiger partial charge in [-0.15, -0.1) is 12.3 Å². The lowest BCUT2D eigenvalue weighted by atomic mass is 10.1. The average Bonchev–Trinajstić information content (AvgIpc) is 2.59. The van der Waals surface area contributed by atoms with Crippen LogP contribution in [0.3, 0.4) is 0 Å². The van der Waals surface area contributed by atoms with Gasteiger partial charge in [0.1, 0.15) is 0 Å². The van der Waals surface area contributed by atoms with Gasteiger partial charge >= 0.3 is 0 Å². The third kappa shape index (κ3) is 4.35. The van der Waals surface area contributed by atoms with Crippen LogP contribution in [0.1, 0.15) is 44.9 Å². The average molecular weight is 208 g/mol. The van der Waals surface area contributed by atoms with Crippen molar-refractivity contribution in [2.75, 3.05) is 0 Å². The topological polar surface area (TPSA) is 55.1 Å². The molecule has 1 aliphatic carbocycles. The molecule has 1 amide bonds. The largest absolute Gasteiger partial charge is 0.352 e. The second kappa shape index (κ2) is 6.47. The smallest absolute Gasteiger partial charge is 0.220 e. The van der Waals surface area contributed by atoms with E-state index < -0.39 is 0 Å². The molecule has 15 heavy (non-hydrogen) atoms. The molecule has 1 fully saturated rings. The van der Waals surface area contributed by atoms with Crippen LogP contribution in [0, 0.1) is 12.3 Å². The molecule has 2 unspecified atom stereocenters. The minimum absolute atomic E-state index is 0.120. The molecule has 84 valence electrons. The fourth-order valence-electron chi connectivity index (χ4n) is 1.96. The molecule has 1 aliphatic rings. The van der Waals surface area contributed by atoms with Crippen molar-refractivity contribution in [3.63, 3.8) is 0 Å². The molecule has 3 nitrogen and oxygen atoms in total. The third-order valence-electron chi connectivity index (χ3n) is 2.89. The maximum Gasteiger partial charge on any atom is 0.220 e. The summed E-state index contributed by atoms with van der Waals surface area (Å²) in [7, 11) is 0. The Morgan fingerprint density at radius 3 is 2.87 bits per heavy atom. The van der Waals surface area contributed by atoms with Crippen molar-refractivity contribution in [1.82, 2.24) is 5.32 Å². The van der Waals surface area contributed by atoms with Gasteiger partial charge in [0.05, 0.1) is 0 Å². The summed E-state index contributed by atoms with van der Waals surface area (Å²) in [5.74, 6) is 2.69. The molecule has 3 heteroatoms. The zero-order valence-corrected chi connectivity index (χ0v) is 9.17. The highest BCUT2D eigenvalue weighted by molar-refractivity contribution is 5.76. The van der Waals surface area contributed by atoms with E-state index in [9.17, 15) is 4.79 Å². The zero-order chi connectivity index (χ0) is 11.1. The molecule has 1 saturated carbocycles. The number of hydrogen-bond donors (Lipinski definition) is 2. The summed E-state index contributed by atoms with van der Waals surface area (Å²) in [6.45, 7) is 0. The molecule has 0 aliphatic heterocycles. The van der Waals surface area contributed by atoms with Gasteiger partial charge in [0.15, 0.2) is 0 Å². The van der Waals surface area contributed by atoms with Crippen molar-refractivity contribution in [1.29, 1.82) is 0 Å². The maximum atomic E-state index is 11.5. The molecule has 0 heterocycles. The lowest BCUT2D eigenvalue weighted by Crippen LogP contribution is -2.43. The van der Waals surface area contributed by atoms with Gasteiger partial charge in [0.2, 0.25) is 5.91 Å². The first-order valence-electron chi connectivity index (χ1n) is 5.72. The molecule has 0 aromatic heterocycles. The first-order chi connectivity index (χ1) is 7.24. The predicted molar refractivity (Wildman–Crippen MR) is 61.1 cm³/mol. The Kier molecular flexibility index (Phi) is 5.20. The summed E-state index contributed by atoms with van der Waals surface area (Å²) in [5.41, 5.74) is 5.86. The predicted octanol–water partition coefficient (Wildman–Crippen LogP) is 1.18. The number of nitrogens with two attached hydrogens (primary N) is 1. The lowest BCUT2D eigenvalue weighted by Gasteiger charge is -2.16. The summed E-state index contributed by atoms with van der Waals surface area (Å²) in [6, 6.07) is 0.352. The van der Waals surface area contributed by atoms with Gasteiger partial charge in [-0.25, -0.2) is 0 Å². The fourth-order valence-corrected chi connectivity index (χ4v) is 1.96. The zero-order valence-electron chi connectivity index (χ0n) is 9.17. The number of nitrogens with one attached hydrogen (secondary N) is 1. The number of carbonyl (C=O) groups excluding carboxylic acids is 1. The highest BCUT2D eigenvalue weighted by Gasteiger charge is 2.24. The number of terminal acetylenes is 1. The van der Waals surface area contributed by atoms with Crippen LogP contribution in [-0.4, -0.2) is 18.0 Å². The molecule has 3 N–H and O–H groups in total. The molecule has 0 saturated heterocycles. The Balaban J connectivity index is 2.10. The van der Waals surface area contributed by atoms with Crippen molar-refractivity contribution in [3.8, 4) is 12.3 Å². The van der Waals surface area contributed by atoms with Gasteiger partial charge in [-0.3, -0.25) is 4.79 Å². The van der Waals surface area contributed by atoms with Gasteiger partial charge < -0.3 is 11.1 Å². The molecule has 0 spiro atoms. The van der Waals surface area contributed by atoms with E-state index in [0.717, 1.165) is 38.5 Å². The van der Waals surface area contributed by atoms with E-state index in [1.807, 2.05) is 0 Å². The number of rotatable bonds is 5. The van der Waals surface area contributed by atoms with Crippen LogP contribution in [0.15, 0.2) is 0 Å². The Bertz CT molecular complexity index is 244. The van der Waals surface area contributed by atoms with E-state index in [2.05, 4.69) is 11.2 Å². The highest BCUT2D eigenvalue weighted by atomic mass is 16.1. The number of amides is 1. The van der Waals surface area contributed by atoms with Crippen molar-refractivity contribution in [2.24, 2.45) is 5.73 Å². The second-order valence-corrected chi connectivity index (χ2v) is 4.18. The monoisotopic (exact) mass is 208 g/mol. The van der Waals surface area contributed by atoms with Crippen LogP contribution in [-0.2, 0) is 4.79 Å². The Hall–Kier alpha value is -1.01. The molecular weight excluding hydrogens is 188 g/mol. The van der Waals surface area contributed by atoms with E-state index in [0.29, 0.717) is 6.42 Å². The van der Waals surface area contributed by atoms with Crippen LogP contribution < -0.4 is 11.1 Å². The molecule has 2 atom stereocenters. The number of unbranched alkanes of at least 4 members (excludes halogenated alkanes) is 2. The van der Waals surface area contributed by atoms with E-state index in [-0.39, 0.29) is 18.0 Å². The van der Waals surface area contributed by atoms with Crippen LogP contribution in [0.25, 0.3) is 0 Å². The minimum atomic E-state index is 0.120. The van der Waals surface area contributed by atoms with E-state index >= 15 is 0 Å². The van der Waals surface area contributed by atoms with Crippen molar-refractivity contribution in [3.05, 3.63) is 0 Å². The molecule has 0 aromatic carbocycles. The molecule has 0 aromatic rings. The highest BCUT2D eigenvalue weighted by Crippen LogP contribution is 2.17. The second-order valence-electron chi connectivity index (χ2n) is 4.18. The number of carbonyl (C=O) groups is 1. The SMILES string of the molecule is C#CCCCCC(=O)NC1CCCC1N. The first-order valence-corrected chi connectivity index (χ1v) is 5.72. The third-order valence-corrected chi connectivity index (χ3v) is 2.89. The van der Waals surface area contributed by atoms with E-state index in [1.54, 1.807) is 0 Å². The van der Waals surface area contributed by atoms with Gasteiger partial charge in [0.25, 0.3) is 0 Å². The van der Waals surface area contributed by atoms with Crippen LogP contribution in [0.4, 0.5) is 0 Å². The number of hydrogen-bond acceptors (Lipinski definition) is 2. The Morgan fingerprint density at radius 1 is 1.47 bits per heavy atom. The molecule has 1 rings (SSSR count). The summed E-state index contributed by atoms with van der Waals surface area (Å²) < 4.78 is 0. The Labute approximate surface area is 91.8 Å². The first kappa shape index (κ1) is 12.1. The maximum absolute atomic E-state index is 11.5. The van der Waals surface area contributed by atoms with Crippen LogP contribution in [0.5, 0.6) is 0 Å². The van der Waals surface area contributed by atoms with Gasteiger partial charge in [-0.2, -0.15) is 0 Å². The van der Waals surface area contributed by atoms with E-state index in [4.69, 9.17) is 12.2 Å². The summed E-state index contributed by atoms with van der Waals surface area (Å²) in [6.07, 6.45) is 11.5. The van der Waals surface area contributed by atoms with Crippen LogP contribution in [0.2, 0.25) is 0 Å². The van der Waals surface area contributed by atoms with Gasteiger partial charge in [-0.1, -0.05) is 0 Å². The minimum Gasteiger partial charge on any atom is -0.352 e. The molecular formula is C12H20N2O. The molecule has 0 bridgehead atoms. The van der Waals surface area contributed by atoms with Crippen LogP contribution >= 0.6 is 0 Å². The molecule has 0 radical (unpaired) electrons. The van der Waals surface area contributed by atoms with E-state index in [1.165, 1.54) is 0 Å². The summed E-state index contributed by atoms with van der Waals surface area (Å²) in [4.78, 5) is 11.5. The fraction of sp³-hybridized carbons (Fsp3) is 0.750. The normalized spacial score (nSPS) is 24.8. The van der Waals surface area contributed by atoms with Gasteiger partial charge in [0, 0.05) is 24.9 Å². The van der Waals surface area contributed by atoms with Crippen molar-refractivity contribution >= 4 is 5.91 Å². The standard InChI is InChI=1S/C12H20N2O/c1-2-3-4-5-9-12(15)14-11-8-6-7-10(11)13/h1,10-11H,3-9,13H2,(H,14,15). The summed E-state index contributed by atoms with van der Waals surface area (Å²) >= 11 is 0. The van der Waals surface area contributed by atoms with Crippen molar-refractivity contribution < 1.29 is 4.79 Å². The quantitative estimate of drug-likeness (QED) is 0.526. The van der Waals surface area contributed by atoms with Crippen molar-refractivity contribution in [2.45, 2.75) is 57.0 Å². The summed E-state index contributed by atoms with van der Waals surface area (Å²) in [5, 5.41) is 2.99. The Morgan fingerprint density at radius 2 is 2.27 bits per heavy atom.